The standard InChI is InChI=1S/C20H21FN6O/c1-26(2)11-3-9-22-19-23-10-8-16(24-19)18-17(14-4-6-15(21)7-5-14)25-20-27(18)12-13-28-20/h4-8,10,12-13H,3,9,11H2,1-2H3,(H,22,23,24). The molecule has 0 radical (unpaired) electrons. The van der Waals surface area contributed by atoms with Gasteiger partial charge in [-0.3, -0.25) is 4.40 Å². The van der Waals surface area contributed by atoms with Gasteiger partial charge in [-0.2, -0.15) is 4.98 Å². The van der Waals surface area contributed by atoms with Crippen LogP contribution in [0.15, 0.2) is 53.4 Å². The Hall–Kier alpha value is -3.26. The number of oxazole rings is 1. The van der Waals surface area contributed by atoms with Crippen LogP contribution in [0, 0.1) is 5.82 Å². The van der Waals surface area contributed by atoms with Gasteiger partial charge < -0.3 is 14.6 Å². The number of hydrogen-bond donors (Lipinski definition) is 1. The molecule has 3 heterocycles. The van der Waals surface area contributed by atoms with Gasteiger partial charge >= 0.3 is 5.84 Å². The quantitative estimate of drug-likeness (QED) is 0.495. The maximum Gasteiger partial charge on any atom is 0.306 e. The van der Waals surface area contributed by atoms with Crippen molar-refractivity contribution in [3.05, 3.63) is 54.8 Å². The van der Waals surface area contributed by atoms with Gasteiger partial charge in [0.1, 0.15) is 23.5 Å². The Bertz CT molecular complexity index is 1070. The largest absolute Gasteiger partial charge is 0.432 e. The second-order valence-corrected chi connectivity index (χ2v) is 6.72. The van der Waals surface area contributed by atoms with E-state index in [1.54, 1.807) is 30.8 Å². The van der Waals surface area contributed by atoms with Crippen LogP contribution in [-0.4, -0.2) is 51.4 Å². The third-order valence-electron chi connectivity index (χ3n) is 4.34. The smallest absolute Gasteiger partial charge is 0.306 e. The van der Waals surface area contributed by atoms with Crippen LogP contribution in [0.25, 0.3) is 28.5 Å². The van der Waals surface area contributed by atoms with Gasteiger partial charge in [0.2, 0.25) is 5.95 Å². The Labute approximate surface area is 161 Å². The molecular formula is C20H21FN6O. The van der Waals surface area contributed by atoms with E-state index >= 15 is 0 Å². The highest BCUT2D eigenvalue weighted by atomic mass is 19.1. The number of nitrogens with one attached hydrogen (secondary N) is 1. The van der Waals surface area contributed by atoms with Crippen LogP contribution in [0.1, 0.15) is 6.42 Å². The first-order valence-electron chi connectivity index (χ1n) is 9.05. The van der Waals surface area contributed by atoms with Crippen LogP contribution < -0.4 is 5.32 Å². The van der Waals surface area contributed by atoms with E-state index in [0.29, 0.717) is 23.2 Å². The van der Waals surface area contributed by atoms with Crippen molar-refractivity contribution in [1.29, 1.82) is 0 Å². The van der Waals surface area contributed by atoms with E-state index in [1.807, 2.05) is 24.6 Å². The van der Waals surface area contributed by atoms with E-state index in [-0.39, 0.29) is 5.82 Å². The van der Waals surface area contributed by atoms with Gasteiger partial charge in [-0.1, -0.05) is 0 Å². The first kappa shape index (κ1) is 18.1. The summed E-state index contributed by atoms with van der Waals surface area (Å²) in [5.41, 5.74) is 2.94. The molecule has 0 saturated carbocycles. The average Bonchev–Trinajstić information content (AvgIpc) is 3.27. The van der Waals surface area contributed by atoms with Crippen molar-refractivity contribution in [3.63, 3.8) is 0 Å². The highest BCUT2D eigenvalue weighted by Crippen LogP contribution is 2.32. The van der Waals surface area contributed by atoms with Crippen molar-refractivity contribution in [2.45, 2.75) is 6.42 Å². The summed E-state index contributed by atoms with van der Waals surface area (Å²) >= 11 is 0. The molecule has 0 saturated heterocycles. The Kier molecular flexibility index (Phi) is 5.03. The van der Waals surface area contributed by atoms with E-state index in [2.05, 4.69) is 25.2 Å². The maximum absolute atomic E-state index is 13.3. The molecule has 0 fully saturated rings. The molecular weight excluding hydrogens is 359 g/mol. The number of anilines is 1. The first-order chi connectivity index (χ1) is 13.6. The minimum absolute atomic E-state index is 0.292. The molecule has 0 aliphatic carbocycles. The van der Waals surface area contributed by atoms with Gasteiger partial charge in [-0.05, 0) is 57.4 Å². The zero-order valence-corrected chi connectivity index (χ0v) is 15.8. The predicted octanol–water partition coefficient (Wildman–Crippen LogP) is 3.55. The van der Waals surface area contributed by atoms with Crippen LogP contribution >= 0.6 is 0 Å². The summed E-state index contributed by atoms with van der Waals surface area (Å²) < 4.78 is 20.6. The molecule has 7 nitrogen and oxygen atoms in total. The normalized spacial score (nSPS) is 11.4. The summed E-state index contributed by atoms with van der Waals surface area (Å²) in [6.07, 6.45) is 6.06. The molecule has 0 atom stereocenters. The number of aromatic nitrogens is 4. The zero-order chi connectivity index (χ0) is 19.5. The summed E-state index contributed by atoms with van der Waals surface area (Å²) in [4.78, 5) is 15.7. The second-order valence-electron chi connectivity index (χ2n) is 6.72. The van der Waals surface area contributed by atoms with Crippen molar-refractivity contribution < 1.29 is 8.81 Å². The van der Waals surface area contributed by atoms with Crippen LogP contribution in [-0.2, 0) is 0 Å². The number of imidazole rings is 1. The molecule has 28 heavy (non-hydrogen) atoms. The van der Waals surface area contributed by atoms with E-state index in [1.165, 1.54) is 12.1 Å². The molecule has 144 valence electrons. The number of benzene rings is 1. The van der Waals surface area contributed by atoms with Gasteiger partial charge in [0.15, 0.2) is 0 Å². The Morgan fingerprint density at radius 3 is 2.75 bits per heavy atom. The van der Waals surface area contributed by atoms with Gasteiger partial charge in [0.25, 0.3) is 0 Å². The number of halogens is 1. The monoisotopic (exact) mass is 380 g/mol. The van der Waals surface area contributed by atoms with Gasteiger partial charge in [-0.25, -0.2) is 14.4 Å². The second kappa shape index (κ2) is 7.77. The summed E-state index contributed by atoms with van der Waals surface area (Å²) in [6.45, 7) is 1.76. The van der Waals surface area contributed by atoms with E-state index in [0.717, 1.165) is 30.8 Å². The molecule has 0 unspecified atom stereocenters. The maximum atomic E-state index is 13.3. The van der Waals surface area contributed by atoms with Gasteiger partial charge in [0.05, 0.1) is 5.69 Å². The Balaban J connectivity index is 1.68. The third-order valence-corrected chi connectivity index (χ3v) is 4.34. The summed E-state index contributed by atoms with van der Waals surface area (Å²) in [7, 11) is 4.09. The van der Waals surface area contributed by atoms with Crippen LogP contribution in [0.4, 0.5) is 10.3 Å². The topological polar surface area (TPSA) is 71.5 Å². The fourth-order valence-electron chi connectivity index (χ4n) is 3.01. The molecule has 4 aromatic rings. The van der Waals surface area contributed by atoms with Crippen LogP contribution in [0.3, 0.4) is 0 Å². The number of hydrogen-bond acceptors (Lipinski definition) is 6. The molecule has 0 aliphatic rings. The van der Waals surface area contributed by atoms with Crippen molar-refractivity contribution in [2.24, 2.45) is 0 Å². The lowest BCUT2D eigenvalue weighted by molar-refractivity contribution is 0.405. The number of rotatable bonds is 7. The SMILES string of the molecule is CN(C)CCCNc1nccc(-c2c(-c3ccc(F)cc3)nc3occn23)n1. The molecule has 4 rings (SSSR count). The van der Waals surface area contributed by atoms with E-state index in [4.69, 9.17) is 4.42 Å². The fourth-order valence-corrected chi connectivity index (χ4v) is 3.01. The molecule has 1 aromatic carbocycles. The molecule has 8 heteroatoms. The molecule has 3 aromatic heterocycles. The van der Waals surface area contributed by atoms with E-state index < -0.39 is 0 Å². The summed E-state index contributed by atoms with van der Waals surface area (Å²) in [6, 6.07) is 8.05. The minimum Gasteiger partial charge on any atom is -0.432 e. The number of fused-ring (bicyclic) bond motifs is 1. The molecule has 1 N–H and O–H groups in total. The van der Waals surface area contributed by atoms with Crippen LogP contribution in [0.2, 0.25) is 0 Å². The van der Waals surface area contributed by atoms with Crippen molar-refractivity contribution in [3.8, 4) is 22.6 Å². The third kappa shape index (κ3) is 3.72. The lowest BCUT2D eigenvalue weighted by Crippen LogP contribution is -2.17. The first-order valence-corrected chi connectivity index (χ1v) is 9.05. The van der Waals surface area contributed by atoms with Crippen molar-refractivity contribution in [2.75, 3.05) is 32.5 Å². The van der Waals surface area contributed by atoms with Gasteiger partial charge in [0, 0.05) is 24.5 Å². The highest BCUT2D eigenvalue weighted by molar-refractivity contribution is 5.79. The molecule has 0 amide bonds. The van der Waals surface area contributed by atoms with Gasteiger partial charge in [-0.15, -0.1) is 0 Å². The van der Waals surface area contributed by atoms with Crippen LogP contribution in [0.5, 0.6) is 0 Å². The number of nitrogens with zero attached hydrogens (tertiary/aromatic N) is 5. The van der Waals surface area contributed by atoms with E-state index in [9.17, 15) is 4.39 Å². The Morgan fingerprint density at radius 2 is 1.96 bits per heavy atom. The zero-order valence-electron chi connectivity index (χ0n) is 15.8. The average molecular weight is 380 g/mol. The van der Waals surface area contributed by atoms with Crippen molar-refractivity contribution >= 4 is 11.8 Å². The summed E-state index contributed by atoms with van der Waals surface area (Å²) in [5, 5.41) is 3.26. The summed E-state index contributed by atoms with van der Waals surface area (Å²) in [5.74, 6) is 0.715. The molecule has 0 spiro atoms. The lowest BCUT2D eigenvalue weighted by atomic mass is 10.1. The minimum atomic E-state index is -0.292. The van der Waals surface area contributed by atoms with Crippen molar-refractivity contribution in [1.82, 2.24) is 24.3 Å². The highest BCUT2D eigenvalue weighted by Gasteiger charge is 2.19. The molecule has 0 bridgehead atoms. The predicted molar refractivity (Wildman–Crippen MR) is 106 cm³/mol. The molecule has 0 aliphatic heterocycles. The fraction of sp³-hybridized carbons (Fsp3) is 0.250. The Morgan fingerprint density at radius 1 is 1.14 bits per heavy atom. The lowest BCUT2D eigenvalue weighted by Gasteiger charge is -2.10.